The van der Waals surface area contributed by atoms with Gasteiger partial charge in [-0.05, 0) is 37.4 Å². The lowest BCUT2D eigenvalue weighted by Crippen LogP contribution is -2.56. The number of amides is 2. The quantitative estimate of drug-likeness (QED) is 0.843. The molecule has 2 heterocycles. The number of piperazine rings is 1. The summed E-state index contributed by atoms with van der Waals surface area (Å²) in [4.78, 5) is 32.1. The molecule has 1 fully saturated rings. The second-order valence-electron chi connectivity index (χ2n) is 6.93. The largest absolute Gasteiger partial charge is 0.338 e. The van der Waals surface area contributed by atoms with Crippen LogP contribution >= 0.6 is 0 Å². The highest BCUT2D eigenvalue weighted by atomic mass is 16.2. The summed E-state index contributed by atoms with van der Waals surface area (Å²) in [6, 6.07) is 7.66. The topological polar surface area (TPSA) is 43.9 Å². The van der Waals surface area contributed by atoms with Crippen molar-refractivity contribution in [1.82, 2.24) is 9.80 Å². The minimum atomic E-state index is -0.389. The van der Waals surface area contributed by atoms with Crippen molar-refractivity contribution in [3.8, 4) is 0 Å². The first-order chi connectivity index (χ1) is 12.2. The van der Waals surface area contributed by atoms with Gasteiger partial charge >= 0.3 is 0 Å². The van der Waals surface area contributed by atoms with E-state index in [1.165, 1.54) is 5.56 Å². The number of anilines is 1. The number of fused-ring (bicyclic) bond motifs is 1. The van der Waals surface area contributed by atoms with Crippen LogP contribution in [0.4, 0.5) is 5.69 Å². The zero-order chi connectivity index (χ0) is 17.8. The van der Waals surface area contributed by atoms with E-state index in [1.54, 1.807) is 4.90 Å². The highest BCUT2D eigenvalue weighted by Crippen LogP contribution is 2.30. The van der Waals surface area contributed by atoms with Gasteiger partial charge in [0.2, 0.25) is 11.8 Å². The van der Waals surface area contributed by atoms with Crippen molar-refractivity contribution < 1.29 is 9.59 Å². The number of rotatable bonds is 4. The highest BCUT2D eigenvalue weighted by Gasteiger charge is 2.35. The van der Waals surface area contributed by atoms with Crippen LogP contribution < -0.4 is 4.90 Å². The smallest absolute Gasteiger partial charge is 0.245 e. The number of aryl methyl sites for hydroxylation is 1. The number of carbonyl (C=O) groups is 2. The lowest BCUT2D eigenvalue weighted by atomic mass is 10.1. The van der Waals surface area contributed by atoms with Crippen LogP contribution in [-0.4, -0.2) is 60.4 Å². The number of likely N-dealkylation sites (N-methyl/N-ethyl adjacent to an activating group) is 1. The standard InChI is InChI=1S/C20H29N3O2/c1-3-17(20(25)22-14-12-21(4-2)13-15-22)23-18-10-6-5-8-16(18)9-7-11-19(23)24/h5-6,8,10,17H,3-4,7,9,11-15H2,1-2H3/t17-/m0/s1. The third-order valence-corrected chi connectivity index (χ3v) is 5.47. The van der Waals surface area contributed by atoms with E-state index in [0.29, 0.717) is 12.8 Å². The molecule has 0 unspecified atom stereocenters. The molecule has 0 aliphatic carbocycles. The van der Waals surface area contributed by atoms with Gasteiger partial charge in [-0.1, -0.05) is 32.0 Å². The fourth-order valence-electron chi connectivity index (χ4n) is 3.95. The first-order valence-corrected chi connectivity index (χ1v) is 9.56. The van der Waals surface area contributed by atoms with Gasteiger partial charge in [0.1, 0.15) is 6.04 Å². The van der Waals surface area contributed by atoms with Crippen LogP contribution in [0.25, 0.3) is 0 Å². The predicted octanol–water partition coefficient (Wildman–Crippen LogP) is 2.30. The van der Waals surface area contributed by atoms with E-state index in [0.717, 1.165) is 51.3 Å². The first-order valence-electron chi connectivity index (χ1n) is 9.56. The van der Waals surface area contributed by atoms with Crippen molar-refractivity contribution in [2.24, 2.45) is 0 Å². The fraction of sp³-hybridized carbons (Fsp3) is 0.600. The molecule has 0 bridgehead atoms. The van der Waals surface area contributed by atoms with Crippen LogP contribution in [0.3, 0.4) is 0 Å². The minimum Gasteiger partial charge on any atom is -0.338 e. The Bertz CT molecular complexity index is 623. The van der Waals surface area contributed by atoms with Crippen molar-refractivity contribution in [3.63, 3.8) is 0 Å². The molecule has 0 N–H and O–H groups in total. The van der Waals surface area contributed by atoms with Gasteiger partial charge in [-0.2, -0.15) is 0 Å². The molecule has 1 atom stereocenters. The Kier molecular flexibility index (Phi) is 5.74. The molecule has 1 aromatic rings. The third-order valence-electron chi connectivity index (χ3n) is 5.47. The Balaban J connectivity index is 1.84. The number of carbonyl (C=O) groups excluding carboxylic acids is 2. The third kappa shape index (κ3) is 3.71. The summed E-state index contributed by atoms with van der Waals surface area (Å²) in [6.45, 7) is 8.54. The van der Waals surface area contributed by atoms with Gasteiger partial charge in [-0.3, -0.25) is 14.5 Å². The zero-order valence-electron chi connectivity index (χ0n) is 15.4. The number of hydrogen-bond donors (Lipinski definition) is 0. The molecule has 25 heavy (non-hydrogen) atoms. The lowest BCUT2D eigenvalue weighted by molar-refractivity contribution is -0.136. The van der Waals surface area contributed by atoms with Gasteiger partial charge in [-0.25, -0.2) is 0 Å². The molecule has 2 amide bonds. The number of benzene rings is 1. The van der Waals surface area contributed by atoms with Crippen LogP contribution in [0.5, 0.6) is 0 Å². The second-order valence-corrected chi connectivity index (χ2v) is 6.93. The molecule has 1 aromatic carbocycles. The summed E-state index contributed by atoms with van der Waals surface area (Å²) < 4.78 is 0. The Hall–Kier alpha value is -1.88. The Morgan fingerprint density at radius 3 is 2.48 bits per heavy atom. The SMILES string of the molecule is CC[C@@H](C(=O)N1CCN(CC)CC1)N1C(=O)CCCc2ccccc21. The van der Waals surface area contributed by atoms with Crippen LogP contribution in [0, 0.1) is 0 Å². The monoisotopic (exact) mass is 343 g/mol. The summed E-state index contributed by atoms with van der Waals surface area (Å²) in [6.07, 6.45) is 2.92. The lowest BCUT2D eigenvalue weighted by Gasteiger charge is -2.38. The van der Waals surface area contributed by atoms with E-state index in [4.69, 9.17) is 0 Å². The van der Waals surface area contributed by atoms with E-state index < -0.39 is 0 Å². The summed E-state index contributed by atoms with van der Waals surface area (Å²) >= 11 is 0. The molecule has 5 heteroatoms. The van der Waals surface area contributed by atoms with Gasteiger partial charge in [0.05, 0.1) is 0 Å². The average molecular weight is 343 g/mol. The normalized spacial score (nSPS) is 20.2. The summed E-state index contributed by atoms with van der Waals surface area (Å²) in [7, 11) is 0. The van der Waals surface area contributed by atoms with Crippen LogP contribution in [0.15, 0.2) is 24.3 Å². The van der Waals surface area contributed by atoms with E-state index in [2.05, 4.69) is 17.9 Å². The van der Waals surface area contributed by atoms with Gasteiger partial charge in [0.15, 0.2) is 0 Å². The molecular weight excluding hydrogens is 314 g/mol. The second kappa shape index (κ2) is 8.00. The molecule has 0 radical (unpaired) electrons. The van der Waals surface area contributed by atoms with Crippen molar-refractivity contribution in [2.75, 3.05) is 37.6 Å². The van der Waals surface area contributed by atoms with Gasteiger partial charge in [0.25, 0.3) is 0 Å². The maximum Gasteiger partial charge on any atom is 0.245 e. The first kappa shape index (κ1) is 17.9. The van der Waals surface area contributed by atoms with Crippen molar-refractivity contribution in [1.29, 1.82) is 0 Å². The number of para-hydroxylation sites is 1. The molecule has 3 rings (SSSR count). The highest BCUT2D eigenvalue weighted by molar-refractivity contribution is 6.01. The van der Waals surface area contributed by atoms with Crippen LogP contribution in [-0.2, 0) is 16.0 Å². The van der Waals surface area contributed by atoms with E-state index in [1.807, 2.05) is 30.0 Å². The maximum atomic E-state index is 13.2. The fourth-order valence-corrected chi connectivity index (χ4v) is 3.95. The van der Waals surface area contributed by atoms with E-state index in [-0.39, 0.29) is 17.9 Å². The molecule has 2 aliphatic rings. The van der Waals surface area contributed by atoms with Crippen LogP contribution in [0.2, 0.25) is 0 Å². The minimum absolute atomic E-state index is 0.0809. The maximum absolute atomic E-state index is 13.2. The van der Waals surface area contributed by atoms with Crippen molar-refractivity contribution in [3.05, 3.63) is 29.8 Å². The predicted molar refractivity (Wildman–Crippen MR) is 99.6 cm³/mol. The zero-order valence-corrected chi connectivity index (χ0v) is 15.4. The van der Waals surface area contributed by atoms with Gasteiger partial charge < -0.3 is 9.80 Å². The Morgan fingerprint density at radius 1 is 1.08 bits per heavy atom. The molecule has 136 valence electrons. The molecule has 0 aromatic heterocycles. The van der Waals surface area contributed by atoms with Gasteiger partial charge in [-0.15, -0.1) is 0 Å². The Morgan fingerprint density at radius 2 is 1.80 bits per heavy atom. The summed E-state index contributed by atoms with van der Waals surface area (Å²) in [5, 5.41) is 0. The van der Waals surface area contributed by atoms with Gasteiger partial charge in [0, 0.05) is 38.3 Å². The van der Waals surface area contributed by atoms with Crippen LogP contribution in [0.1, 0.15) is 38.7 Å². The molecular formula is C20H29N3O2. The van der Waals surface area contributed by atoms with Crippen molar-refractivity contribution in [2.45, 2.75) is 45.6 Å². The molecule has 2 aliphatic heterocycles. The average Bonchev–Trinajstić information content (AvgIpc) is 2.81. The molecule has 1 saturated heterocycles. The van der Waals surface area contributed by atoms with Crippen molar-refractivity contribution >= 4 is 17.5 Å². The molecule has 5 nitrogen and oxygen atoms in total. The number of nitrogens with zero attached hydrogens (tertiary/aromatic N) is 3. The van der Waals surface area contributed by atoms with E-state index >= 15 is 0 Å². The molecule has 0 spiro atoms. The molecule has 0 saturated carbocycles. The number of hydrogen-bond acceptors (Lipinski definition) is 3. The Labute approximate surface area is 150 Å². The summed E-state index contributed by atoms with van der Waals surface area (Å²) in [5.41, 5.74) is 2.10. The van der Waals surface area contributed by atoms with E-state index in [9.17, 15) is 9.59 Å². The summed E-state index contributed by atoms with van der Waals surface area (Å²) in [5.74, 6) is 0.181.